The lowest BCUT2D eigenvalue weighted by atomic mass is 9.93. The maximum Gasteiger partial charge on any atom is 0.265 e. The molecule has 0 saturated heterocycles. The fourth-order valence-electron chi connectivity index (χ4n) is 1.85. The second kappa shape index (κ2) is 7.26. The Hall–Kier alpha value is -1.83. The van der Waals surface area contributed by atoms with E-state index in [0.29, 0.717) is 22.6 Å². The summed E-state index contributed by atoms with van der Waals surface area (Å²) in [6.45, 7) is 2.52. The third-order valence-electron chi connectivity index (χ3n) is 3.27. The number of nitrogens with two attached hydrogens (primary N) is 1. The number of thiazole rings is 1. The van der Waals surface area contributed by atoms with Gasteiger partial charge in [-0.05, 0) is 25.7 Å². The first-order chi connectivity index (χ1) is 10.1. The molecule has 1 aromatic rings. The Morgan fingerprint density at radius 3 is 2.76 bits per heavy atom. The van der Waals surface area contributed by atoms with Crippen LogP contribution < -0.4 is 21.7 Å². The van der Waals surface area contributed by atoms with Gasteiger partial charge in [0.05, 0.1) is 6.54 Å². The van der Waals surface area contributed by atoms with Crippen LogP contribution >= 0.6 is 11.3 Å². The van der Waals surface area contributed by atoms with E-state index in [9.17, 15) is 9.59 Å². The quantitative estimate of drug-likeness (QED) is 0.599. The van der Waals surface area contributed by atoms with Crippen LogP contribution in [0.1, 0.15) is 42.3 Å². The van der Waals surface area contributed by atoms with Crippen molar-refractivity contribution in [1.29, 1.82) is 0 Å². The van der Waals surface area contributed by atoms with Gasteiger partial charge in [-0.3, -0.25) is 9.59 Å². The van der Waals surface area contributed by atoms with Gasteiger partial charge in [0, 0.05) is 12.6 Å². The summed E-state index contributed by atoms with van der Waals surface area (Å²) >= 11 is 1.22. The van der Waals surface area contributed by atoms with Crippen molar-refractivity contribution in [3.05, 3.63) is 4.88 Å². The van der Waals surface area contributed by atoms with Gasteiger partial charge in [-0.25, -0.2) is 4.98 Å². The summed E-state index contributed by atoms with van der Waals surface area (Å²) in [6, 6.07) is 0.436. The number of amides is 2. The van der Waals surface area contributed by atoms with Crippen LogP contribution in [0, 0.1) is 0 Å². The molecule has 0 aromatic carbocycles. The van der Waals surface area contributed by atoms with Crippen molar-refractivity contribution in [3.8, 4) is 0 Å². The van der Waals surface area contributed by atoms with Gasteiger partial charge in [0.25, 0.3) is 5.91 Å². The molecule has 0 unspecified atom stereocenters. The first-order valence-corrected chi connectivity index (χ1v) is 7.99. The highest BCUT2D eigenvalue weighted by atomic mass is 32.1. The van der Waals surface area contributed by atoms with E-state index in [0.717, 1.165) is 19.3 Å². The van der Waals surface area contributed by atoms with Gasteiger partial charge >= 0.3 is 0 Å². The van der Waals surface area contributed by atoms with Gasteiger partial charge in [0.2, 0.25) is 5.91 Å². The van der Waals surface area contributed by atoms with E-state index in [2.05, 4.69) is 20.9 Å². The summed E-state index contributed by atoms with van der Waals surface area (Å²) in [5, 5.41) is 9.17. The molecule has 116 valence electrons. The number of rotatable bonds is 7. The van der Waals surface area contributed by atoms with Crippen molar-refractivity contribution in [3.63, 3.8) is 0 Å². The standard InChI is InChI=1S/C13H21N5O2S/c1-2-6-15-9(19)7-16-12(20)10-11(14)18-13(21-10)17-8-4-3-5-8/h8H,2-7,14H2,1H3,(H,15,19)(H,16,20)(H,17,18). The van der Waals surface area contributed by atoms with E-state index in [4.69, 9.17) is 5.73 Å². The highest BCUT2D eigenvalue weighted by Gasteiger charge is 2.21. The van der Waals surface area contributed by atoms with Crippen molar-refractivity contribution in [2.45, 2.75) is 38.6 Å². The van der Waals surface area contributed by atoms with Crippen molar-refractivity contribution < 1.29 is 9.59 Å². The third-order valence-corrected chi connectivity index (χ3v) is 4.28. The highest BCUT2D eigenvalue weighted by Crippen LogP contribution is 2.29. The Morgan fingerprint density at radius 1 is 1.38 bits per heavy atom. The summed E-state index contributed by atoms with van der Waals surface area (Å²) in [5.74, 6) is -0.368. The third kappa shape index (κ3) is 4.32. The average Bonchev–Trinajstić information content (AvgIpc) is 2.79. The molecule has 1 saturated carbocycles. The van der Waals surface area contributed by atoms with Crippen LogP contribution in [0.25, 0.3) is 0 Å². The van der Waals surface area contributed by atoms with Crippen molar-refractivity contribution >= 4 is 34.1 Å². The zero-order chi connectivity index (χ0) is 15.2. The largest absolute Gasteiger partial charge is 0.382 e. The fourth-order valence-corrected chi connectivity index (χ4v) is 2.73. The SMILES string of the molecule is CCCNC(=O)CNC(=O)c1sc(NC2CCC2)nc1N. The number of hydrogen-bond acceptors (Lipinski definition) is 6. The van der Waals surface area contributed by atoms with Crippen LogP contribution in [0.4, 0.5) is 10.9 Å². The van der Waals surface area contributed by atoms with Gasteiger partial charge in [-0.15, -0.1) is 0 Å². The van der Waals surface area contributed by atoms with Crippen LogP contribution in [-0.4, -0.2) is 35.9 Å². The van der Waals surface area contributed by atoms with E-state index in [1.165, 1.54) is 17.8 Å². The minimum absolute atomic E-state index is 0.0540. The van der Waals surface area contributed by atoms with Gasteiger partial charge in [-0.1, -0.05) is 18.3 Å². The molecule has 1 heterocycles. The molecular weight excluding hydrogens is 290 g/mol. The summed E-state index contributed by atoms with van der Waals surface area (Å²) in [7, 11) is 0. The maximum atomic E-state index is 12.0. The van der Waals surface area contributed by atoms with Crippen LogP contribution in [0.2, 0.25) is 0 Å². The zero-order valence-electron chi connectivity index (χ0n) is 12.1. The molecule has 0 atom stereocenters. The smallest absolute Gasteiger partial charge is 0.265 e. The molecule has 1 aromatic heterocycles. The normalized spacial score (nSPS) is 14.3. The number of hydrogen-bond donors (Lipinski definition) is 4. The molecular formula is C13H21N5O2S. The summed E-state index contributed by atoms with van der Waals surface area (Å²) in [6.07, 6.45) is 4.33. The summed E-state index contributed by atoms with van der Waals surface area (Å²) < 4.78 is 0. The molecule has 1 aliphatic carbocycles. The molecule has 0 spiro atoms. The Kier molecular flexibility index (Phi) is 5.38. The summed E-state index contributed by atoms with van der Waals surface area (Å²) in [4.78, 5) is 27.9. The van der Waals surface area contributed by atoms with Crippen LogP contribution in [-0.2, 0) is 4.79 Å². The van der Waals surface area contributed by atoms with E-state index < -0.39 is 0 Å². The lowest BCUT2D eigenvalue weighted by molar-refractivity contribution is -0.120. The first kappa shape index (κ1) is 15.6. The lowest BCUT2D eigenvalue weighted by Gasteiger charge is -2.25. The Bertz CT molecular complexity index is 513. The Labute approximate surface area is 127 Å². The molecule has 1 aliphatic rings. The van der Waals surface area contributed by atoms with Crippen LogP contribution in [0.15, 0.2) is 0 Å². The zero-order valence-corrected chi connectivity index (χ0v) is 12.9. The minimum atomic E-state index is -0.363. The molecule has 5 N–H and O–H groups in total. The van der Waals surface area contributed by atoms with Gasteiger partial charge in [-0.2, -0.15) is 0 Å². The van der Waals surface area contributed by atoms with E-state index >= 15 is 0 Å². The van der Waals surface area contributed by atoms with Crippen molar-refractivity contribution in [2.24, 2.45) is 0 Å². The van der Waals surface area contributed by atoms with Crippen molar-refractivity contribution in [2.75, 3.05) is 24.1 Å². The molecule has 1 fully saturated rings. The Morgan fingerprint density at radius 2 is 2.14 bits per heavy atom. The van der Waals surface area contributed by atoms with Crippen molar-refractivity contribution in [1.82, 2.24) is 15.6 Å². The Balaban J connectivity index is 1.85. The number of nitrogen functional groups attached to an aromatic ring is 1. The molecule has 8 heteroatoms. The van der Waals surface area contributed by atoms with Gasteiger partial charge in [0.1, 0.15) is 10.7 Å². The number of nitrogens with zero attached hydrogens (tertiary/aromatic N) is 1. The summed E-state index contributed by atoms with van der Waals surface area (Å²) in [5.41, 5.74) is 5.76. The molecule has 0 bridgehead atoms. The fraction of sp³-hybridized carbons (Fsp3) is 0.615. The second-order valence-electron chi connectivity index (χ2n) is 5.04. The topological polar surface area (TPSA) is 109 Å². The van der Waals surface area contributed by atoms with Crippen LogP contribution in [0.5, 0.6) is 0 Å². The lowest BCUT2D eigenvalue weighted by Crippen LogP contribution is -2.37. The highest BCUT2D eigenvalue weighted by molar-refractivity contribution is 7.18. The first-order valence-electron chi connectivity index (χ1n) is 7.18. The van der Waals surface area contributed by atoms with E-state index in [-0.39, 0.29) is 24.2 Å². The monoisotopic (exact) mass is 311 g/mol. The average molecular weight is 311 g/mol. The number of anilines is 2. The maximum absolute atomic E-state index is 12.0. The predicted molar refractivity (Wildman–Crippen MR) is 83.4 cm³/mol. The van der Waals surface area contributed by atoms with E-state index in [1.807, 2.05) is 6.92 Å². The predicted octanol–water partition coefficient (Wildman–Crippen LogP) is 0.946. The van der Waals surface area contributed by atoms with Gasteiger partial charge < -0.3 is 21.7 Å². The van der Waals surface area contributed by atoms with Gasteiger partial charge in [0.15, 0.2) is 5.13 Å². The molecule has 2 amide bonds. The number of aromatic nitrogens is 1. The number of nitrogens with one attached hydrogen (secondary N) is 3. The molecule has 21 heavy (non-hydrogen) atoms. The molecule has 0 aliphatic heterocycles. The number of carbonyl (C=O) groups is 2. The second-order valence-corrected chi connectivity index (χ2v) is 6.04. The molecule has 2 rings (SSSR count). The van der Waals surface area contributed by atoms with E-state index in [1.54, 1.807) is 0 Å². The minimum Gasteiger partial charge on any atom is -0.382 e. The molecule has 7 nitrogen and oxygen atoms in total. The number of carbonyl (C=O) groups excluding carboxylic acids is 2. The van der Waals surface area contributed by atoms with Crippen LogP contribution in [0.3, 0.4) is 0 Å². The molecule has 0 radical (unpaired) electrons.